The number of nitrogens with zero attached hydrogens (tertiary/aromatic N) is 2. The molecule has 1 heterocycles. The Kier molecular flexibility index (Phi) is 4.54. The summed E-state index contributed by atoms with van der Waals surface area (Å²) in [5.41, 5.74) is 0.731. The first-order chi connectivity index (χ1) is 9.74. The van der Waals surface area contributed by atoms with Gasteiger partial charge in [-0.15, -0.1) is 10.2 Å². The third kappa shape index (κ3) is 3.25. The first-order valence-corrected chi connectivity index (χ1v) is 6.02. The fourth-order valence-electron chi connectivity index (χ4n) is 1.63. The summed E-state index contributed by atoms with van der Waals surface area (Å²) in [5, 5.41) is 10.4. The third-order valence-corrected chi connectivity index (χ3v) is 2.60. The van der Waals surface area contributed by atoms with Crippen LogP contribution in [0.3, 0.4) is 0 Å². The summed E-state index contributed by atoms with van der Waals surface area (Å²) in [4.78, 5) is 10.9. The number of amides is 1. The highest BCUT2D eigenvalue weighted by Gasteiger charge is 2.12. The number of hydrogen-bond acceptors (Lipinski definition) is 6. The standard InChI is InChI=1S/C13H15N3O4/c1-18-10-6-4-3-5-9(10)12-16-15-11(20-12)7-8-14-13(17)19-2/h3-6H,7-8H2,1-2H3,(H,14,17). The average molecular weight is 277 g/mol. The number of hydrogen-bond donors (Lipinski definition) is 1. The van der Waals surface area contributed by atoms with Gasteiger partial charge in [0.25, 0.3) is 5.89 Å². The summed E-state index contributed by atoms with van der Waals surface area (Å²) in [6.07, 6.45) is -0.0634. The molecule has 1 aromatic heterocycles. The maximum atomic E-state index is 10.9. The lowest BCUT2D eigenvalue weighted by Gasteiger charge is -2.03. The van der Waals surface area contributed by atoms with Gasteiger partial charge in [0, 0.05) is 13.0 Å². The minimum atomic E-state index is -0.491. The van der Waals surface area contributed by atoms with Crippen LogP contribution >= 0.6 is 0 Å². The van der Waals surface area contributed by atoms with E-state index in [4.69, 9.17) is 9.15 Å². The first kappa shape index (κ1) is 13.9. The molecule has 2 rings (SSSR count). The van der Waals surface area contributed by atoms with Crippen LogP contribution < -0.4 is 10.1 Å². The lowest BCUT2D eigenvalue weighted by Crippen LogP contribution is -2.25. The van der Waals surface area contributed by atoms with Gasteiger partial charge in [0.2, 0.25) is 5.89 Å². The van der Waals surface area contributed by atoms with Crippen molar-refractivity contribution in [2.45, 2.75) is 6.42 Å². The van der Waals surface area contributed by atoms with Crippen molar-refractivity contribution in [2.24, 2.45) is 0 Å². The van der Waals surface area contributed by atoms with E-state index in [9.17, 15) is 4.79 Å². The highest BCUT2D eigenvalue weighted by molar-refractivity contribution is 5.66. The quantitative estimate of drug-likeness (QED) is 0.894. The zero-order valence-electron chi connectivity index (χ0n) is 11.3. The fourth-order valence-corrected chi connectivity index (χ4v) is 1.63. The number of para-hydroxylation sites is 1. The largest absolute Gasteiger partial charge is 0.496 e. The molecule has 0 atom stereocenters. The summed E-state index contributed by atoms with van der Waals surface area (Å²) in [6.45, 7) is 0.361. The van der Waals surface area contributed by atoms with Crippen molar-refractivity contribution in [1.82, 2.24) is 15.5 Å². The molecule has 0 spiro atoms. The van der Waals surface area contributed by atoms with E-state index in [0.717, 1.165) is 5.56 Å². The Morgan fingerprint density at radius 1 is 1.30 bits per heavy atom. The highest BCUT2D eigenvalue weighted by Crippen LogP contribution is 2.28. The molecule has 0 aliphatic heterocycles. The highest BCUT2D eigenvalue weighted by atomic mass is 16.5. The molecule has 0 radical (unpaired) electrons. The van der Waals surface area contributed by atoms with Crippen molar-refractivity contribution in [2.75, 3.05) is 20.8 Å². The van der Waals surface area contributed by atoms with Crippen LogP contribution in [0.4, 0.5) is 4.79 Å². The Hall–Kier alpha value is -2.57. The number of methoxy groups -OCH3 is 2. The van der Waals surface area contributed by atoms with Crippen LogP contribution in [-0.4, -0.2) is 37.1 Å². The third-order valence-electron chi connectivity index (χ3n) is 2.60. The molecule has 1 amide bonds. The lowest BCUT2D eigenvalue weighted by atomic mass is 10.2. The maximum Gasteiger partial charge on any atom is 0.406 e. The lowest BCUT2D eigenvalue weighted by molar-refractivity contribution is 0.171. The van der Waals surface area contributed by atoms with Gasteiger partial charge >= 0.3 is 6.09 Å². The number of benzene rings is 1. The van der Waals surface area contributed by atoms with Gasteiger partial charge in [0.1, 0.15) is 5.75 Å². The van der Waals surface area contributed by atoms with E-state index in [2.05, 4.69) is 20.3 Å². The minimum absolute atomic E-state index is 0.361. The van der Waals surface area contributed by atoms with Crippen LogP contribution in [0, 0.1) is 0 Å². The Balaban J connectivity index is 2.03. The smallest absolute Gasteiger partial charge is 0.406 e. The van der Waals surface area contributed by atoms with E-state index in [1.807, 2.05) is 24.3 Å². The number of aromatic nitrogens is 2. The van der Waals surface area contributed by atoms with Gasteiger partial charge in [-0.1, -0.05) is 12.1 Å². The first-order valence-electron chi connectivity index (χ1n) is 6.02. The average Bonchev–Trinajstić information content (AvgIpc) is 2.95. The molecule has 1 N–H and O–H groups in total. The summed E-state index contributed by atoms with van der Waals surface area (Å²) in [7, 11) is 2.89. The molecule has 106 valence electrons. The molecule has 2 aromatic rings. The summed E-state index contributed by atoms with van der Waals surface area (Å²) in [5.74, 6) is 1.48. The van der Waals surface area contributed by atoms with Gasteiger partial charge in [0.15, 0.2) is 0 Å². The summed E-state index contributed by atoms with van der Waals surface area (Å²) < 4.78 is 15.2. The van der Waals surface area contributed by atoms with Gasteiger partial charge in [-0.2, -0.15) is 0 Å². The normalized spacial score (nSPS) is 10.1. The Labute approximate surface area is 115 Å². The molecule has 7 nitrogen and oxygen atoms in total. The molecule has 20 heavy (non-hydrogen) atoms. The topological polar surface area (TPSA) is 86.5 Å². The van der Waals surface area contributed by atoms with E-state index >= 15 is 0 Å². The van der Waals surface area contributed by atoms with Crippen LogP contribution in [0.5, 0.6) is 5.75 Å². The van der Waals surface area contributed by atoms with Gasteiger partial charge in [-0.3, -0.25) is 0 Å². The Morgan fingerprint density at radius 2 is 2.10 bits per heavy atom. The molecule has 0 unspecified atom stereocenters. The molecule has 0 saturated heterocycles. The van der Waals surface area contributed by atoms with Crippen LogP contribution in [0.2, 0.25) is 0 Å². The molecule has 0 bridgehead atoms. The zero-order chi connectivity index (χ0) is 14.4. The Morgan fingerprint density at radius 3 is 2.85 bits per heavy atom. The van der Waals surface area contributed by atoms with Gasteiger partial charge in [0.05, 0.1) is 19.8 Å². The number of ether oxygens (including phenoxy) is 2. The predicted molar refractivity (Wildman–Crippen MR) is 70.4 cm³/mol. The zero-order valence-corrected chi connectivity index (χ0v) is 11.3. The SMILES string of the molecule is COC(=O)NCCc1nnc(-c2ccccc2OC)o1. The second-order valence-electron chi connectivity index (χ2n) is 3.87. The van der Waals surface area contributed by atoms with E-state index in [0.29, 0.717) is 30.5 Å². The van der Waals surface area contributed by atoms with E-state index in [1.54, 1.807) is 7.11 Å². The van der Waals surface area contributed by atoms with Crippen molar-refractivity contribution in [1.29, 1.82) is 0 Å². The van der Waals surface area contributed by atoms with Crippen molar-refractivity contribution >= 4 is 6.09 Å². The summed E-state index contributed by atoms with van der Waals surface area (Å²) in [6, 6.07) is 7.38. The molecule has 0 aliphatic rings. The van der Waals surface area contributed by atoms with Crippen LogP contribution in [0.15, 0.2) is 28.7 Å². The number of carbonyl (C=O) groups excluding carboxylic acids is 1. The Bertz CT molecular complexity index is 583. The van der Waals surface area contributed by atoms with E-state index in [-0.39, 0.29) is 0 Å². The number of rotatable bonds is 5. The minimum Gasteiger partial charge on any atom is -0.496 e. The fraction of sp³-hybridized carbons (Fsp3) is 0.308. The van der Waals surface area contributed by atoms with E-state index in [1.165, 1.54) is 7.11 Å². The van der Waals surface area contributed by atoms with Crippen LogP contribution in [0.25, 0.3) is 11.5 Å². The van der Waals surface area contributed by atoms with Crippen molar-refractivity contribution in [3.8, 4) is 17.2 Å². The van der Waals surface area contributed by atoms with Gasteiger partial charge in [-0.05, 0) is 12.1 Å². The van der Waals surface area contributed by atoms with E-state index < -0.39 is 6.09 Å². The summed E-state index contributed by atoms with van der Waals surface area (Å²) >= 11 is 0. The van der Waals surface area contributed by atoms with Crippen molar-refractivity contribution < 1.29 is 18.7 Å². The van der Waals surface area contributed by atoms with Crippen LogP contribution in [0.1, 0.15) is 5.89 Å². The molecular weight excluding hydrogens is 262 g/mol. The van der Waals surface area contributed by atoms with Crippen molar-refractivity contribution in [3.05, 3.63) is 30.2 Å². The second-order valence-corrected chi connectivity index (χ2v) is 3.87. The number of alkyl carbamates (subject to hydrolysis) is 1. The predicted octanol–water partition coefficient (Wildman–Crippen LogP) is 1.64. The molecular formula is C13H15N3O4. The van der Waals surface area contributed by atoms with Crippen LogP contribution in [-0.2, 0) is 11.2 Å². The molecule has 0 saturated carbocycles. The monoisotopic (exact) mass is 277 g/mol. The molecule has 7 heteroatoms. The maximum absolute atomic E-state index is 10.9. The van der Waals surface area contributed by atoms with Crippen molar-refractivity contribution in [3.63, 3.8) is 0 Å². The van der Waals surface area contributed by atoms with Gasteiger partial charge < -0.3 is 19.2 Å². The molecule has 0 aliphatic carbocycles. The molecule has 0 fully saturated rings. The number of nitrogens with one attached hydrogen (secondary N) is 1. The second kappa shape index (κ2) is 6.55. The van der Waals surface area contributed by atoms with Gasteiger partial charge in [-0.25, -0.2) is 4.79 Å². The number of carbonyl (C=O) groups is 1. The molecule has 1 aromatic carbocycles.